The topological polar surface area (TPSA) is 78.3 Å². The van der Waals surface area contributed by atoms with E-state index in [1.807, 2.05) is 84.4 Å². The van der Waals surface area contributed by atoms with Crippen molar-refractivity contribution in [3.63, 3.8) is 0 Å². The summed E-state index contributed by atoms with van der Waals surface area (Å²) < 4.78 is 13.9. The minimum atomic E-state index is -0.426. The van der Waals surface area contributed by atoms with Crippen molar-refractivity contribution in [2.24, 2.45) is 0 Å². The Labute approximate surface area is 226 Å². The first kappa shape index (κ1) is 24.2. The van der Waals surface area contributed by atoms with Gasteiger partial charge in [-0.05, 0) is 67.3 Å². The Balaban J connectivity index is 1.41. The third kappa shape index (κ3) is 4.65. The van der Waals surface area contributed by atoms with Crippen LogP contribution in [-0.2, 0) is 11.4 Å². The number of carbonyl (C=O) groups excluding carboxylic acids is 1. The smallest absolute Gasteiger partial charge is 0.226 e. The number of fused-ring (bicyclic) bond motifs is 1. The largest absolute Gasteiger partial charge is 0.490 e. The van der Waals surface area contributed by atoms with E-state index in [1.165, 1.54) is 0 Å². The summed E-state index contributed by atoms with van der Waals surface area (Å²) in [6, 6.07) is 22.9. The molecule has 1 unspecified atom stereocenters. The Morgan fingerprint density at radius 3 is 2.61 bits per heavy atom. The van der Waals surface area contributed by atoms with Crippen molar-refractivity contribution in [3.05, 3.63) is 100 Å². The van der Waals surface area contributed by atoms with Crippen LogP contribution in [0.15, 0.2) is 84.1 Å². The molecule has 0 amide bonds. The van der Waals surface area contributed by atoms with E-state index in [9.17, 15) is 4.79 Å². The standard InChI is InChI=1S/C30H27ClN4O3/c1-2-37-26-17-21(13-16-25(26)38-18-19-7-4-3-5-8-19)28-27-23(9-6-10-24(27)36)32-30-33-29(34-35(28)30)20-11-14-22(31)15-12-20/h3-5,7-8,11-17,28H,2,6,9-10,18H2,1H3,(H,32,33,34). The molecule has 2 heterocycles. The number of allylic oxidation sites excluding steroid dienone is 2. The maximum atomic E-state index is 13.2. The molecule has 3 aromatic carbocycles. The summed E-state index contributed by atoms with van der Waals surface area (Å²) in [4.78, 5) is 18.0. The summed E-state index contributed by atoms with van der Waals surface area (Å²) in [6.45, 7) is 2.86. The van der Waals surface area contributed by atoms with Crippen molar-refractivity contribution in [2.45, 2.75) is 38.8 Å². The average molecular weight is 527 g/mol. The summed E-state index contributed by atoms with van der Waals surface area (Å²) in [5.74, 6) is 2.58. The van der Waals surface area contributed by atoms with E-state index in [0.717, 1.165) is 40.8 Å². The molecule has 0 radical (unpaired) electrons. The van der Waals surface area contributed by atoms with Gasteiger partial charge in [0.2, 0.25) is 5.95 Å². The van der Waals surface area contributed by atoms with E-state index < -0.39 is 6.04 Å². The van der Waals surface area contributed by atoms with Gasteiger partial charge in [-0.25, -0.2) is 4.68 Å². The molecule has 1 N–H and O–H groups in total. The number of hydrogen-bond donors (Lipinski definition) is 1. The quantitative estimate of drug-likeness (QED) is 0.292. The van der Waals surface area contributed by atoms with E-state index in [1.54, 1.807) is 0 Å². The summed E-state index contributed by atoms with van der Waals surface area (Å²) in [5.41, 5.74) is 4.45. The average Bonchev–Trinajstić information content (AvgIpc) is 3.36. The predicted octanol–water partition coefficient (Wildman–Crippen LogP) is 6.60. The van der Waals surface area contributed by atoms with Crippen LogP contribution in [-0.4, -0.2) is 27.2 Å². The van der Waals surface area contributed by atoms with Crippen LogP contribution in [0.25, 0.3) is 11.4 Å². The van der Waals surface area contributed by atoms with Gasteiger partial charge < -0.3 is 14.8 Å². The number of halogens is 1. The Morgan fingerprint density at radius 1 is 1.00 bits per heavy atom. The monoisotopic (exact) mass is 526 g/mol. The van der Waals surface area contributed by atoms with Crippen LogP contribution < -0.4 is 14.8 Å². The van der Waals surface area contributed by atoms with Crippen LogP contribution in [0.4, 0.5) is 5.95 Å². The normalized spacial score (nSPS) is 16.5. The number of anilines is 1. The first-order valence-corrected chi connectivity index (χ1v) is 13.2. The predicted molar refractivity (Wildman–Crippen MR) is 146 cm³/mol. The lowest BCUT2D eigenvalue weighted by atomic mass is 9.85. The minimum absolute atomic E-state index is 0.125. The van der Waals surface area contributed by atoms with Crippen molar-refractivity contribution in [3.8, 4) is 22.9 Å². The zero-order valence-electron chi connectivity index (χ0n) is 21.0. The fraction of sp³-hybridized carbons (Fsp3) is 0.233. The van der Waals surface area contributed by atoms with Crippen LogP contribution in [0.3, 0.4) is 0 Å². The van der Waals surface area contributed by atoms with Crippen LogP contribution in [0.1, 0.15) is 43.4 Å². The molecule has 1 aliphatic heterocycles. The number of ketones is 1. The third-order valence-corrected chi connectivity index (χ3v) is 7.04. The van der Waals surface area contributed by atoms with Gasteiger partial charge in [0.15, 0.2) is 23.1 Å². The van der Waals surface area contributed by atoms with Gasteiger partial charge in [0.25, 0.3) is 0 Å². The lowest BCUT2D eigenvalue weighted by Gasteiger charge is -2.32. The van der Waals surface area contributed by atoms with Gasteiger partial charge in [0.05, 0.1) is 6.61 Å². The zero-order chi connectivity index (χ0) is 26.1. The second-order valence-corrected chi connectivity index (χ2v) is 9.76. The van der Waals surface area contributed by atoms with Gasteiger partial charge in [-0.1, -0.05) is 48.0 Å². The number of hydrogen-bond acceptors (Lipinski definition) is 6. The molecule has 6 rings (SSSR count). The van der Waals surface area contributed by atoms with Gasteiger partial charge in [-0.15, -0.1) is 5.10 Å². The van der Waals surface area contributed by atoms with Gasteiger partial charge in [0, 0.05) is 28.3 Å². The van der Waals surface area contributed by atoms with Gasteiger partial charge in [0.1, 0.15) is 12.6 Å². The lowest BCUT2D eigenvalue weighted by molar-refractivity contribution is -0.116. The van der Waals surface area contributed by atoms with Gasteiger partial charge in [-0.3, -0.25) is 4.79 Å². The molecule has 0 bridgehead atoms. The Morgan fingerprint density at radius 2 is 1.82 bits per heavy atom. The molecule has 7 nitrogen and oxygen atoms in total. The zero-order valence-corrected chi connectivity index (χ0v) is 21.7. The first-order chi connectivity index (χ1) is 18.6. The van der Waals surface area contributed by atoms with Gasteiger partial charge in [-0.2, -0.15) is 4.98 Å². The molecule has 8 heteroatoms. The van der Waals surface area contributed by atoms with Crippen molar-refractivity contribution in [2.75, 3.05) is 11.9 Å². The highest BCUT2D eigenvalue weighted by molar-refractivity contribution is 6.30. The molecular weight excluding hydrogens is 500 g/mol. The maximum absolute atomic E-state index is 13.2. The Kier molecular flexibility index (Phi) is 6.60. The molecule has 0 saturated heterocycles. The Bertz CT molecular complexity index is 1510. The maximum Gasteiger partial charge on any atom is 0.226 e. The van der Waals surface area contributed by atoms with Crippen molar-refractivity contribution in [1.82, 2.24) is 14.8 Å². The molecule has 4 aromatic rings. The lowest BCUT2D eigenvalue weighted by Crippen LogP contribution is -2.31. The summed E-state index contributed by atoms with van der Waals surface area (Å²) in [5, 5.41) is 8.88. The van der Waals surface area contributed by atoms with Crippen LogP contribution in [0.2, 0.25) is 5.02 Å². The van der Waals surface area contributed by atoms with E-state index in [0.29, 0.717) is 47.9 Å². The summed E-state index contributed by atoms with van der Waals surface area (Å²) in [7, 11) is 0. The fourth-order valence-electron chi connectivity index (χ4n) is 5.00. The molecule has 1 aromatic heterocycles. The minimum Gasteiger partial charge on any atom is -0.490 e. The van der Waals surface area contributed by atoms with Crippen molar-refractivity contribution < 1.29 is 14.3 Å². The number of aromatic nitrogens is 3. The van der Waals surface area contributed by atoms with Crippen LogP contribution in [0, 0.1) is 0 Å². The summed E-state index contributed by atoms with van der Waals surface area (Å²) >= 11 is 6.09. The molecule has 0 spiro atoms. The molecule has 0 fully saturated rings. The molecule has 38 heavy (non-hydrogen) atoms. The SMILES string of the molecule is CCOc1cc(C2C3=C(CCCC3=O)Nc3nc(-c4ccc(Cl)cc4)nn32)ccc1OCc1ccccc1. The number of nitrogens with one attached hydrogen (secondary N) is 1. The second kappa shape index (κ2) is 10.3. The van der Waals surface area contributed by atoms with E-state index in [2.05, 4.69) is 5.32 Å². The fourth-order valence-corrected chi connectivity index (χ4v) is 5.13. The number of Topliss-reactive ketones (excluding diaryl/α,β-unsaturated/α-hetero) is 1. The van der Waals surface area contributed by atoms with Crippen LogP contribution >= 0.6 is 11.6 Å². The van der Waals surface area contributed by atoms with E-state index in [4.69, 9.17) is 31.2 Å². The number of carbonyl (C=O) groups is 1. The first-order valence-electron chi connectivity index (χ1n) is 12.8. The Hall–Kier alpha value is -4.10. The molecular formula is C30H27ClN4O3. The second-order valence-electron chi connectivity index (χ2n) is 9.32. The highest BCUT2D eigenvalue weighted by Gasteiger charge is 2.37. The number of benzene rings is 3. The highest BCUT2D eigenvalue weighted by Crippen LogP contribution is 2.42. The number of ether oxygens (including phenoxy) is 2. The van der Waals surface area contributed by atoms with E-state index in [-0.39, 0.29) is 5.78 Å². The molecule has 2 aliphatic rings. The number of rotatable bonds is 7. The van der Waals surface area contributed by atoms with Crippen molar-refractivity contribution >= 4 is 23.3 Å². The molecule has 1 aliphatic carbocycles. The highest BCUT2D eigenvalue weighted by atomic mass is 35.5. The molecule has 192 valence electrons. The van der Waals surface area contributed by atoms with E-state index >= 15 is 0 Å². The summed E-state index contributed by atoms with van der Waals surface area (Å²) in [6.07, 6.45) is 2.12. The van der Waals surface area contributed by atoms with Crippen LogP contribution in [0.5, 0.6) is 11.5 Å². The van der Waals surface area contributed by atoms with Gasteiger partial charge >= 0.3 is 0 Å². The molecule has 0 saturated carbocycles. The van der Waals surface area contributed by atoms with Crippen molar-refractivity contribution in [1.29, 1.82) is 0 Å². The molecule has 1 atom stereocenters. The number of nitrogens with zero attached hydrogens (tertiary/aromatic N) is 3. The third-order valence-electron chi connectivity index (χ3n) is 6.79.